The van der Waals surface area contributed by atoms with Gasteiger partial charge in [-0.05, 0) is 31.6 Å². The van der Waals surface area contributed by atoms with Gasteiger partial charge in [0.05, 0.1) is 26.4 Å². The van der Waals surface area contributed by atoms with Crippen molar-refractivity contribution in [2.45, 2.75) is 20.1 Å². The molecule has 0 spiro atoms. The van der Waals surface area contributed by atoms with Gasteiger partial charge in [0.25, 0.3) is 0 Å². The molecule has 0 bridgehead atoms. The second-order valence-corrected chi connectivity index (χ2v) is 4.41. The maximum atomic E-state index is 11.8. The number of hydrogen-bond donors (Lipinski definition) is 0. The van der Waals surface area contributed by atoms with Crippen LogP contribution in [0.15, 0.2) is 30.0 Å². The van der Waals surface area contributed by atoms with Gasteiger partial charge in [-0.2, -0.15) is 0 Å². The van der Waals surface area contributed by atoms with Gasteiger partial charge in [-0.1, -0.05) is 18.2 Å². The molecule has 5 heteroatoms. The van der Waals surface area contributed by atoms with Crippen LogP contribution in [0.3, 0.4) is 0 Å². The van der Waals surface area contributed by atoms with Gasteiger partial charge in [-0.25, -0.2) is 4.79 Å². The lowest BCUT2D eigenvalue weighted by Gasteiger charge is -2.11. The molecule has 1 aliphatic heterocycles. The lowest BCUT2D eigenvalue weighted by Crippen LogP contribution is -2.10. The van der Waals surface area contributed by atoms with Gasteiger partial charge in [-0.15, -0.1) is 0 Å². The van der Waals surface area contributed by atoms with Crippen LogP contribution in [0.1, 0.15) is 31.3 Å². The zero-order valence-electron chi connectivity index (χ0n) is 12.3. The number of benzene rings is 1. The lowest BCUT2D eigenvalue weighted by atomic mass is 10.1. The summed E-state index contributed by atoms with van der Waals surface area (Å²) >= 11 is 0. The van der Waals surface area contributed by atoms with Crippen LogP contribution in [0.5, 0.6) is 0 Å². The van der Waals surface area contributed by atoms with Crippen molar-refractivity contribution in [2.24, 2.45) is 0 Å². The quantitative estimate of drug-likeness (QED) is 0.458. The second-order valence-electron chi connectivity index (χ2n) is 4.41. The maximum absolute atomic E-state index is 11.8. The van der Waals surface area contributed by atoms with Crippen molar-refractivity contribution in [3.8, 4) is 0 Å². The molecule has 0 amide bonds. The standard InChI is InChI=1S/C16H20O5/c1-3-18-14(15(17)19-4-2)11-12-6-5-7-13(10-12)16-20-8-9-21-16/h5-7,10-11,16H,3-4,8-9H2,1-2H3. The average Bonchev–Trinajstić information content (AvgIpc) is 3.02. The summed E-state index contributed by atoms with van der Waals surface area (Å²) in [6.07, 6.45) is 1.33. The molecule has 1 aromatic carbocycles. The fourth-order valence-corrected chi connectivity index (χ4v) is 2.01. The van der Waals surface area contributed by atoms with E-state index in [4.69, 9.17) is 18.9 Å². The van der Waals surface area contributed by atoms with Crippen LogP contribution in [0, 0.1) is 0 Å². The molecule has 0 aromatic heterocycles. The fourth-order valence-electron chi connectivity index (χ4n) is 2.01. The maximum Gasteiger partial charge on any atom is 0.373 e. The van der Waals surface area contributed by atoms with Gasteiger partial charge >= 0.3 is 5.97 Å². The Balaban J connectivity index is 2.19. The summed E-state index contributed by atoms with van der Waals surface area (Å²) in [6, 6.07) is 7.61. The summed E-state index contributed by atoms with van der Waals surface area (Å²) in [5.41, 5.74) is 1.75. The molecule has 1 fully saturated rings. The molecule has 5 nitrogen and oxygen atoms in total. The topological polar surface area (TPSA) is 54.0 Å². The number of hydrogen-bond acceptors (Lipinski definition) is 5. The Labute approximate surface area is 124 Å². The Bertz CT molecular complexity index is 503. The Hall–Kier alpha value is -1.85. The van der Waals surface area contributed by atoms with Crippen molar-refractivity contribution in [3.05, 3.63) is 41.2 Å². The lowest BCUT2D eigenvalue weighted by molar-refractivity contribution is -0.142. The van der Waals surface area contributed by atoms with Crippen LogP contribution >= 0.6 is 0 Å². The number of rotatable bonds is 6. The molecule has 1 aliphatic rings. The zero-order valence-corrected chi connectivity index (χ0v) is 12.3. The summed E-state index contributed by atoms with van der Waals surface area (Å²) in [6.45, 7) is 5.49. The van der Waals surface area contributed by atoms with E-state index >= 15 is 0 Å². The highest BCUT2D eigenvalue weighted by Crippen LogP contribution is 2.24. The zero-order chi connectivity index (χ0) is 15.1. The third-order valence-corrected chi connectivity index (χ3v) is 2.88. The van der Waals surface area contributed by atoms with E-state index in [2.05, 4.69) is 0 Å². The highest BCUT2D eigenvalue weighted by atomic mass is 16.7. The van der Waals surface area contributed by atoms with E-state index in [0.29, 0.717) is 26.4 Å². The van der Waals surface area contributed by atoms with Crippen LogP contribution in [0.25, 0.3) is 6.08 Å². The third kappa shape index (κ3) is 4.31. The molecule has 0 aliphatic carbocycles. The molecule has 2 rings (SSSR count). The molecular formula is C16H20O5. The largest absolute Gasteiger partial charge is 0.487 e. The number of ether oxygens (including phenoxy) is 4. The van der Waals surface area contributed by atoms with Crippen LogP contribution in [-0.4, -0.2) is 32.4 Å². The van der Waals surface area contributed by atoms with E-state index in [-0.39, 0.29) is 12.0 Å². The molecule has 0 unspecified atom stereocenters. The first kappa shape index (κ1) is 15.5. The van der Waals surface area contributed by atoms with Crippen LogP contribution in [0.4, 0.5) is 0 Å². The summed E-state index contributed by atoms with van der Waals surface area (Å²) < 4.78 is 21.3. The highest BCUT2D eigenvalue weighted by Gasteiger charge is 2.18. The summed E-state index contributed by atoms with van der Waals surface area (Å²) in [5, 5.41) is 0. The molecule has 1 heterocycles. The van der Waals surface area contributed by atoms with Gasteiger partial charge in [-0.3, -0.25) is 0 Å². The molecule has 114 valence electrons. The Morgan fingerprint density at radius 2 is 1.95 bits per heavy atom. The van der Waals surface area contributed by atoms with Gasteiger partial charge in [0.1, 0.15) is 0 Å². The Morgan fingerprint density at radius 3 is 2.62 bits per heavy atom. The van der Waals surface area contributed by atoms with Crippen molar-refractivity contribution < 1.29 is 23.7 Å². The van der Waals surface area contributed by atoms with E-state index in [1.165, 1.54) is 0 Å². The molecular weight excluding hydrogens is 272 g/mol. The van der Waals surface area contributed by atoms with Crippen LogP contribution in [0.2, 0.25) is 0 Å². The van der Waals surface area contributed by atoms with E-state index in [9.17, 15) is 4.79 Å². The average molecular weight is 292 g/mol. The van der Waals surface area contributed by atoms with Crippen molar-refractivity contribution in [1.29, 1.82) is 0 Å². The fraction of sp³-hybridized carbons (Fsp3) is 0.438. The monoisotopic (exact) mass is 292 g/mol. The van der Waals surface area contributed by atoms with E-state index in [0.717, 1.165) is 11.1 Å². The second kappa shape index (κ2) is 7.81. The highest BCUT2D eigenvalue weighted by molar-refractivity contribution is 5.91. The SMILES string of the molecule is CCOC(=O)C(=Cc1cccc(C2OCCO2)c1)OCC. The first-order chi connectivity index (χ1) is 10.2. The van der Waals surface area contributed by atoms with Crippen LogP contribution in [-0.2, 0) is 23.7 Å². The molecule has 0 radical (unpaired) electrons. The Morgan fingerprint density at radius 1 is 1.24 bits per heavy atom. The van der Waals surface area contributed by atoms with Crippen molar-refractivity contribution >= 4 is 12.0 Å². The van der Waals surface area contributed by atoms with Gasteiger partial charge in [0, 0.05) is 5.56 Å². The summed E-state index contributed by atoms with van der Waals surface area (Å²) in [4.78, 5) is 11.8. The van der Waals surface area contributed by atoms with E-state index < -0.39 is 5.97 Å². The molecule has 21 heavy (non-hydrogen) atoms. The molecule has 0 atom stereocenters. The van der Waals surface area contributed by atoms with E-state index in [1.54, 1.807) is 13.0 Å². The number of carbonyl (C=O) groups excluding carboxylic acids is 1. The predicted molar refractivity (Wildman–Crippen MR) is 77.3 cm³/mol. The first-order valence-corrected chi connectivity index (χ1v) is 7.09. The van der Waals surface area contributed by atoms with Crippen molar-refractivity contribution in [1.82, 2.24) is 0 Å². The summed E-state index contributed by atoms with van der Waals surface area (Å²) in [7, 11) is 0. The minimum Gasteiger partial charge on any atom is -0.487 e. The minimum absolute atomic E-state index is 0.199. The molecule has 0 N–H and O–H groups in total. The van der Waals surface area contributed by atoms with Crippen molar-refractivity contribution in [3.63, 3.8) is 0 Å². The molecule has 1 aromatic rings. The summed E-state index contributed by atoms with van der Waals surface area (Å²) in [5.74, 6) is -0.261. The number of esters is 1. The van der Waals surface area contributed by atoms with Gasteiger partial charge < -0.3 is 18.9 Å². The number of carbonyl (C=O) groups is 1. The predicted octanol–water partition coefficient (Wildman–Crippen LogP) is 2.67. The smallest absolute Gasteiger partial charge is 0.373 e. The Kier molecular flexibility index (Phi) is 5.78. The van der Waals surface area contributed by atoms with Gasteiger partial charge in [0.2, 0.25) is 5.76 Å². The third-order valence-electron chi connectivity index (χ3n) is 2.88. The molecule has 0 saturated carbocycles. The van der Waals surface area contributed by atoms with Crippen molar-refractivity contribution in [2.75, 3.05) is 26.4 Å². The first-order valence-electron chi connectivity index (χ1n) is 7.09. The van der Waals surface area contributed by atoms with Crippen LogP contribution < -0.4 is 0 Å². The molecule has 1 saturated heterocycles. The van der Waals surface area contributed by atoms with Gasteiger partial charge in [0.15, 0.2) is 6.29 Å². The van der Waals surface area contributed by atoms with E-state index in [1.807, 2.05) is 31.2 Å². The minimum atomic E-state index is -0.460. The normalized spacial score (nSPS) is 16.0.